The van der Waals surface area contributed by atoms with Gasteiger partial charge in [-0.25, -0.2) is 4.39 Å². The van der Waals surface area contributed by atoms with Crippen molar-refractivity contribution in [3.63, 3.8) is 0 Å². The van der Waals surface area contributed by atoms with Crippen LogP contribution < -0.4 is 4.90 Å². The van der Waals surface area contributed by atoms with Gasteiger partial charge < -0.3 is 10.0 Å². The van der Waals surface area contributed by atoms with Crippen molar-refractivity contribution in [2.75, 3.05) is 11.4 Å². The van der Waals surface area contributed by atoms with Gasteiger partial charge in [-0.1, -0.05) is 17.7 Å². The Morgan fingerprint density at radius 2 is 2.19 bits per heavy atom. The van der Waals surface area contributed by atoms with Crippen molar-refractivity contribution in [2.45, 2.75) is 13.0 Å². The Hall–Kier alpha value is -2.14. The summed E-state index contributed by atoms with van der Waals surface area (Å²) >= 11 is 5.95. The Kier molecular flexibility index (Phi) is 4.75. The fourth-order valence-corrected chi connectivity index (χ4v) is 2.27. The minimum atomic E-state index is -0.980. The van der Waals surface area contributed by atoms with Gasteiger partial charge in [0.15, 0.2) is 0 Å². The fraction of sp³-hybridized carbons (Fsp3) is 0.200. The van der Waals surface area contributed by atoms with Crippen molar-refractivity contribution >= 4 is 23.3 Å². The molecule has 0 aliphatic carbocycles. The van der Waals surface area contributed by atoms with Gasteiger partial charge in [0.2, 0.25) is 0 Å². The molecule has 1 aromatic carbocycles. The van der Waals surface area contributed by atoms with Gasteiger partial charge in [0.25, 0.3) is 0 Å². The monoisotopic (exact) mass is 308 g/mol. The summed E-state index contributed by atoms with van der Waals surface area (Å²) in [5.41, 5.74) is 1.25. The zero-order chi connectivity index (χ0) is 15.4. The Balaban J connectivity index is 2.38. The van der Waals surface area contributed by atoms with E-state index in [9.17, 15) is 9.18 Å². The third-order valence-electron chi connectivity index (χ3n) is 3.12. The Morgan fingerprint density at radius 3 is 2.81 bits per heavy atom. The normalized spacial score (nSPS) is 12.0. The van der Waals surface area contributed by atoms with Crippen LogP contribution in [-0.2, 0) is 4.79 Å². The smallest absolute Gasteiger partial charge is 0.323 e. The predicted octanol–water partition coefficient (Wildman–Crippen LogP) is 3.53. The zero-order valence-electron chi connectivity index (χ0n) is 11.3. The molecule has 2 aromatic rings. The maximum atomic E-state index is 13.3. The summed E-state index contributed by atoms with van der Waals surface area (Å²) in [7, 11) is 0. The van der Waals surface area contributed by atoms with Crippen molar-refractivity contribution < 1.29 is 14.3 Å². The molecule has 0 saturated heterocycles. The highest BCUT2D eigenvalue weighted by Crippen LogP contribution is 2.28. The summed E-state index contributed by atoms with van der Waals surface area (Å²) in [6.07, 6.45) is 2.63. The molecular weight excluding hydrogens is 295 g/mol. The molecule has 1 heterocycles. The number of aromatic nitrogens is 1. The minimum absolute atomic E-state index is 0.224. The number of carboxylic acids is 1. The topological polar surface area (TPSA) is 53.4 Å². The van der Waals surface area contributed by atoms with Crippen LogP contribution in [0.3, 0.4) is 0 Å². The van der Waals surface area contributed by atoms with Gasteiger partial charge in [-0.15, -0.1) is 0 Å². The van der Waals surface area contributed by atoms with Gasteiger partial charge >= 0.3 is 5.97 Å². The first-order valence-electron chi connectivity index (χ1n) is 6.32. The first-order valence-corrected chi connectivity index (χ1v) is 6.69. The Morgan fingerprint density at radius 1 is 1.43 bits per heavy atom. The van der Waals surface area contributed by atoms with Gasteiger partial charge in [0.05, 0.1) is 12.2 Å². The molecule has 1 unspecified atom stereocenters. The summed E-state index contributed by atoms with van der Waals surface area (Å²) in [4.78, 5) is 16.5. The highest BCUT2D eigenvalue weighted by molar-refractivity contribution is 6.30. The van der Waals surface area contributed by atoms with E-state index in [1.54, 1.807) is 36.1 Å². The molecule has 0 bridgehead atoms. The second-order valence-corrected chi connectivity index (χ2v) is 5.05. The van der Waals surface area contributed by atoms with E-state index in [0.717, 1.165) is 6.20 Å². The van der Waals surface area contributed by atoms with E-state index in [1.165, 1.54) is 12.3 Å². The van der Waals surface area contributed by atoms with Gasteiger partial charge in [0, 0.05) is 16.9 Å². The van der Waals surface area contributed by atoms with Crippen LogP contribution in [0.15, 0.2) is 42.7 Å². The van der Waals surface area contributed by atoms with Gasteiger partial charge in [-0.2, -0.15) is 0 Å². The maximum Gasteiger partial charge on any atom is 0.323 e. The highest BCUT2D eigenvalue weighted by atomic mass is 35.5. The van der Waals surface area contributed by atoms with E-state index in [-0.39, 0.29) is 12.6 Å². The van der Waals surface area contributed by atoms with E-state index in [4.69, 9.17) is 16.7 Å². The molecule has 0 radical (unpaired) electrons. The number of pyridine rings is 1. The van der Waals surface area contributed by atoms with E-state index >= 15 is 0 Å². The second kappa shape index (κ2) is 6.54. The summed E-state index contributed by atoms with van der Waals surface area (Å²) < 4.78 is 13.3. The molecule has 0 amide bonds. The number of carbonyl (C=O) groups is 1. The van der Waals surface area contributed by atoms with E-state index in [1.807, 2.05) is 0 Å². The molecule has 0 spiro atoms. The molecule has 6 heteroatoms. The van der Waals surface area contributed by atoms with Crippen LogP contribution in [0, 0.1) is 5.82 Å². The maximum absolute atomic E-state index is 13.3. The molecular formula is C15H14ClFN2O2. The van der Waals surface area contributed by atoms with Gasteiger partial charge in [-0.05, 0) is 36.8 Å². The first-order chi connectivity index (χ1) is 9.97. The van der Waals surface area contributed by atoms with Crippen molar-refractivity contribution in [2.24, 2.45) is 0 Å². The number of carboxylic acid groups (broad SMARTS) is 1. The number of halogens is 2. The first kappa shape index (κ1) is 15.3. The van der Waals surface area contributed by atoms with Crippen molar-refractivity contribution in [1.29, 1.82) is 0 Å². The van der Waals surface area contributed by atoms with Crippen molar-refractivity contribution in [3.8, 4) is 0 Å². The van der Waals surface area contributed by atoms with Crippen LogP contribution in [0.25, 0.3) is 0 Å². The fourth-order valence-electron chi connectivity index (χ4n) is 2.09. The molecule has 0 aliphatic heterocycles. The summed E-state index contributed by atoms with van der Waals surface area (Å²) in [5, 5.41) is 9.61. The largest absolute Gasteiger partial charge is 0.480 e. The van der Waals surface area contributed by atoms with Crippen LogP contribution in [-0.4, -0.2) is 22.6 Å². The number of hydrogen-bond acceptors (Lipinski definition) is 3. The third-order valence-corrected chi connectivity index (χ3v) is 3.36. The SMILES string of the molecule is CC(c1cncc(F)c1)N(CC(=O)O)c1cccc(Cl)c1. The number of aliphatic carboxylic acids is 1. The van der Waals surface area contributed by atoms with E-state index < -0.39 is 11.8 Å². The average molecular weight is 309 g/mol. The summed E-state index contributed by atoms with van der Waals surface area (Å²) in [6.45, 7) is 1.57. The minimum Gasteiger partial charge on any atom is -0.480 e. The molecule has 1 N–H and O–H groups in total. The lowest BCUT2D eigenvalue weighted by Crippen LogP contribution is -2.32. The summed E-state index contributed by atoms with van der Waals surface area (Å²) in [5.74, 6) is -1.44. The number of hydrogen-bond donors (Lipinski definition) is 1. The van der Waals surface area contributed by atoms with Crippen LogP contribution >= 0.6 is 11.6 Å². The Labute approximate surface area is 126 Å². The molecule has 4 nitrogen and oxygen atoms in total. The molecule has 21 heavy (non-hydrogen) atoms. The molecule has 2 rings (SSSR count). The number of benzene rings is 1. The second-order valence-electron chi connectivity index (χ2n) is 4.61. The number of anilines is 1. The Bertz CT molecular complexity index is 651. The van der Waals surface area contributed by atoms with E-state index in [2.05, 4.69) is 4.98 Å². The van der Waals surface area contributed by atoms with Crippen LogP contribution in [0.2, 0.25) is 5.02 Å². The molecule has 0 aliphatic rings. The quantitative estimate of drug-likeness (QED) is 0.918. The van der Waals surface area contributed by atoms with Gasteiger partial charge in [0.1, 0.15) is 12.4 Å². The van der Waals surface area contributed by atoms with Crippen molar-refractivity contribution in [1.82, 2.24) is 4.98 Å². The number of rotatable bonds is 5. The van der Waals surface area contributed by atoms with Crippen LogP contribution in [0.5, 0.6) is 0 Å². The number of nitrogens with zero attached hydrogens (tertiary/aromatic N) is 2. The highest BCUT2D eigenvalue weighted by Gasteiger charge is 2.20. The molecule has 0 fully saturated rings. The molecule has 1 atom stereocenters. The van der Waals surface area contributed by atoms with Crippen LogP contribution in [0.1, 0.15) is 18.5 Å². The zero-order valence-corrected chi connectivity index (χ0v) is 12.1. The standard InChI is InChI=1S/C15H14ClFN2O2/c1-10(11-5-13(17)8-18-7-11)19(9-15(20)21)14-4-2-3-12(16)6-14/h2-8,10H,9H2,1H3,(H,20,21). The lowest BCUT2D eigenvalue weighted by molar-refractivity contribution is -0.135. The average Bonchev–Trinajstić information content (AvgIpc) is 2.44. The molecule has 110 valence electrons. The molecule has 0 saturated carbocycles. The van der Waals surface area contributed by atoms with E-state index in [0.29, 0.717) is 16.3 Å². The van der Waals surface area contributed by atoms with Crippen molar-refractivity contribution in [3.05, 3.63) is 59.1 Å². The lowest BCUT2D eigenvalue weighted by Gasteiger charge is -2.30. The third kappa shape index (κ3) is 3.92. The van der Waals surface area contributed by atoms with Crippen LogP contribution in [0.4, 0.5) is 10.1 Å². The lowest BCUT2D eigenvalue weighted by atomic mass is 10.1. The van der Waals surface area contributed by atoms with Gasteiger partial charge in [-0.3, -0.25) is 9.78 Å². The molecule has 1 aromatic heterocycles. The summed E-state index contributed by atoms with van der Waals surface area (Å²) in [6, 6.07) is 7.87. The predicted molar refractivity (Wildman–Crippen MR) is 79.0 cm³/mol.